The maximum absolute atomic E-state index is 11.9. The number of nitrogens with zero attached hydrogens (tertiary/aromatic N) is 2. The van der Waals surface area contributed by atoms with E-state index < -0.39 is 6.23 Å². The first-order chi connectivity index (χ1) is 12.6. The van der Waals surface area contributed by atoms with Gasteiger partial charge in [0.15, 0.2) is 18.1 Å². The van der Waals surface area contributed by atoms with Gasteiger partial charge in [-0.3, -0.25) is 4.79 Å². The number of hydrogen-bond donors (Lipinski definition) is 0. The fraction of sp³-hybridized carbons (Fsp3) is 0.263. The molecule has 7 nitrogen and oxygen atoms in total. The molecule has 0 unspecified atom stereocenters. The highest BCUT2D eigenvalue weighted by Gasteiger charge is 2.32. The summed E-state index contributed by atoms with van der Waals surface area (Å²) >= 11 is 0. The predicted octanol–water partition coefficient (Wildman–Crippen LogP) is 2.99. The Hall–Kier alpha value is -3.22. The number of aryl methyl sites for hydroxylation is 1. The first-order valence-electron chi connectivity index (χ1n) is 8.23. The van der Waals surface area contributed by atoms with E-state index in [0.717, 1.165) is 11.1 Å². The third-order valence-electron chi connectivity index (χ3n) is 4.08. The molecule has 4 rings (SSSR count). The van der Waals surface area contributed by atoms with Crippen molar-refractivity contribution in [2.24, 2.45) is 5.10 Å². The number of ether oxygens (including phenoxy) is 4. The molecule has 0 spiro atoms. The minimum Gasteiger partial charge on any atom is -0.484 e. The van der Waals surface area contributed by atoms with Crippen molar-refractivity contribution in [3.05, 3.63) is 53.6 Å². The number of carbonyl (C=O) groups excluding carboxylic acids is 1. The Morgan fingerprint density at radius 1 is 1.19 bits per heavy atom. The van der Waals surface area contributed by atoms with Gasteiger partial charge in [0, 0.05) is 18.6 Å². The summed E-state index contributed by atoms with van der Waals surface area (Å²) in [4.78, 5) is 11.9. The van der Waals surface area contributed by atoms with Crippen molar-refractivity contribution in [2.45, 2.75) is 20.1 Å². The highest BCUT2D eigenvalue weighted by atomic mass is 16.7. The molecule has 0 saturated carbocycles. The van der Waals surface area contributed by atoms with Crippen molar-refractivity contribution in [3.63, 3.8) is 0 Å². The van der Waals surface area contributed by atoms with E-state index in [1.54, 1.807) is 18.2 Å². The summed E-state index contributed by atoms with van der Waals surface area (Å²) in [5.41, 5.74) is 1.99. The van der Waals surface area contributed by atoms with Crippen LogP contribution >= 0.6 is 0 Å². The number of rotatable bonds is 4. The molecule has 0 radical (unpaired) electrons. The van der Waals surface area contributed by atoms with Crippen LogP contribution < -0.4 is 14.2 Å². The van der Waals surface area contributed by atoms with Gasteiger partial charge in [0.2, 0.25) is 24.8 Å². The Kier molecular flexibility index (Phi) is 4.12. The van der Waals surface area contributed by atoms with E-state index in [0.29, 0.717) is 23.1 Å². The van der Waals surface area contributed by atoms with E-state index in [4.69, 9.17) is 18.9 Å². The van der Waals surface area contributed by atoms with Crippen molar-refractivity contribution in [2.75, 3.05) is 13.4 Å². The van der Waals surface area contributed by atoms with Gasteiger partial charge in [-0.2, -0.15) is 5.01 Å². The average molecular weight is 354 g/mol. The minimum absolute atomic E-state index is 0.103. The predicted molar refractivity (Wildman–Crippen MR) is 93.0 cm³/mol. The molecule has 26 heavy (non-hydrogen) atoms. The van der Waals surface area contributed by atoms with Crippen LogP contribution in [-0.4, -0.2) is 30.2 Å². The molecule has 0 saturated heterocycles. The van der Waals surface area contributed by atoms with Gasteiger partial charge in [-0.25, -0.2) is 0 Å². The second-order valence-electron chi connectivity index (χ2n) is 6.04. The van der Waals surface area contributed by atoms with Gasteiger partial charge in [-0.15, -0.1) is 5.10 Å². The maximum Gasteiger partial charge on any atom is 0.247 e. The lowest BCUT2D eigenvalue weighted by molar-refractivity contribution is -0.135. The Morgan fingerprint density at radius 2 is 1.96 bits per heavy atom. The van der Waals surface area contributed by atoms with Crippen LogP contribution in [0.4, 0.5) is 0 Å². The molecule has 2 aromatic rings. The molecule has 0 aliphatic carbocycles. The van der Waals surface area contributed by atoms with E-state index in [1.807, 2.05) is 31.2 Å². The number of carbonyl (C=O) groups is 1. The zero-order valence-corrected chi connectivity index (χ0v) is 14.5. The molecule has 2 heterocycles. The second-order valence-corrected chi connectivity index (χ2v) is 6.04. The topological polar surface area (TPSA) is 69.6 Å². The van der Waals surface area contributed by atoms with Crippen LogP contribution in [0.1, 0.15) is 24.3 Å². The van der Waals surface area contributed by atoms with Crippen LogP contribution in [0, 0.1) is 6.92 Å². The average Bonchev–Trinajstić information content (AvgIpc) is 3.27. The molecule has 134 valence electrons. The molecule has 1 amide bonds. The van der Waals surface area contributed by atoms with E-state index in [-0.39, 0.29) is 19.3 Å². The standard InChI is InChI=1S/C19H18N2O5/c1-12-3-5-14(6-4-12)19-21(13(2)22)20-18(26-19)10-23-15-7-8-16-17(9-15)25-11-24-16/h3-9,19H,10-11H2,1-2H3/t19-/m0/s1. The lowest BCUT2D eigenvalue weighted by Gasteiger charge is -2.19. The highest BCUT2D eigenvalue weighted by molar-refractivity contribution is 5.83. The first-order valence-corrected chi connectivity index (χ1v) is 8.23. The summed E-state index contributed by atoms with van der Waals surface area (Å²) < 4.78 is 22.2. The van der Waals surface area contributed by atoms with Crippen LogP contribution in [0.2, 0.25) is 0 Å². The maximum atomic E-state index is 11.9. The number of hydrazone groups is 1. The van der Waals surface area contributed by atoms with Gasteiger partial charge in [0.1, 0.15) is 5.75 Å². The largest absolute Gasteiger partial charge is 0.484 e. The molecule has 0 N–H and O–H groups in total. The van der Waals surface area contributed by atoms with Crippen LogP contribution in [0.15, 0.2) is 47.6 Å². The number of amides is 1. The van der Waals surface area contributed by atoms with Gasteiger partial charge in [-0.1, -0.05) is 29.8 Å². The molecular weight excluding hydrogens is 336 g/mol. The molecule has 1 atom stereocenters. The minimum atomic E-state index is -0.580. The summed E-state index contributed by atoms with van der Waals surface area (Å²) in [7, 11) is 0. The van der Waals surface area contributed by atoms with Crippen molar-refractivity contribution in [3.8, 4) is 17.2 Å². The molecule has 2 aromatic carbocycles. The normalized spacial score (nSPS) is 17.7. The second kappa shape index (κ2) is 6.59. The monoisotopic (exact) mass is 354 g/mol. The number of fused-ring (bicyclic) bond motifs is 1. The van der Waals surface area contributed by atoms with E-state index >= 15 is 0 Å². The van der Waals surface area contributed by atoms with Crippen molar-refractivity contribution < 1.29 is 23.7 Å². The molecule has 2 aliphatic heterocycles. The van der Waals surface area contributed by atoms with E-state index in [9.17, 15) is 4.79 Å². The third-order valence-corrected chi connectivity index (χ3v) is 4.08. The SMILES string of the molecule is CC(=O)N1N=C(COc2ccc3c(c2)OCO3)O[C@H]1c1ccc(C)cc1. The zero-order chi connectivity index (χ0) is 18.1. The van der Waals surface area contributed by atoms with Crippen molar-refractivity contribution >= 4 is 11.8 Å². The van der Waals surface area contributed by atoms with Gasteiger partial charge >= 0.3 is 0 Å². The third kappa shape index (κ3) is 3.15. The van der Waals surface area contributed by atoms with Crippen molar-refractivity contribution in [1.29, 1.82) is 0 Å². The quantitative estimate of drug-likeness (QED) is 0.844. The summed E-state index contributed by atoms with van der Waals surface area (Å²) in [6.07, 6.45) is -0.580. The Bertz CT molecular complexity index is 863. The summed E-state index contributed by atoms with van der Waals surface area (Å²) in [6.45, 7) is 3.77. The molecule has 0 aromatic heterocycles. The molecule has 7 heteroatoms. The fourth-order valence-electron chi connectivity index (χ4n) is 2.73. The lowest BCUT2D eigenvalue weighted by atomic mass is 10.1. The Labute approximate surface area is 150 Å². The summed E-state index contributed by atoms with van der Waals surface area (Å²) in [5, 5.41) is 5.58. The molecule has 0 bridgehead atoms. The summed E-state index contributed by atoms with van der Waals surface area (Å²) in [6, 6.07) is 13.1. The smallest absolute Gasteiger partial charge is 0.247 e. The number of benzene rings is 2. The number of hydrogen-bond acceptors (Lipinski definition) is 6. The Morgan fingerprint density at radius 3 is 2.73 bits per heavy atom. The fourth-order valence-corrected chi connectivity index (χ4v) is 2.73. The summed E-state index contributed by atoms with van der Waals surface area (Å²) in [5.74, 6) is 2.07. The van der Waals surface area contributed by atoms with E-state index in [1.165, 1.54) is 11.9 Å². The van der Waals surface area contributed by atoms with Gasteiger partial charge < -0.3 is 18.9 Å². The van der Waals surface area contributed by atoms with Gasteiger partial charge in [-0.05, 0) is 19.1 Å². The van der Waals surface area contributed by atoms with Crippen LogP contribution in [0.3, 0.4) is 0 Å². The van der Waals surface area contributed by atoms with Crippen LogP contribution in [-0.2, 0) is 9.53 Å². The van der Waals surface area contributed by atoms with Gasteiger partial charge in [0.05, 0.1) is 0 Å². The van der Waals surface area contributed by atoms with Gasteiger partial charge in [0.25, 0.3) is 0 Å². The van der Waals surface area contributed by atoms with Crippen LogP contribution in [0.5, 0.6) is 17.2 Å². The highest BCUT2D eigenvalue weighted by Crippen LogP contribution is 2.35. The van der Waals surface area contributed by atoms with Crippen molar-refractivity contribution in [1.82, 2.24) is 5.01 Å². The van der Waals surface area contributed by atoms with E-state index in [2.05, 4.69) is 5.10 Å². The Balaban J connectivity index is 1.46. The molecular formula is C19H18N2O5. The lowest BCUT2D eigenvalue weighted by Crippen LogP contribution is -2.25. The van der Waals surface area contributed by atoms with Crippen LogP contribution in [0.25, 0.3) is 0 Å². The first kappa shape index (κ1) is 16.3. The zero-order valence-electron chi connectivity index (χ0n) is 14.5. The molecule has 2 aliphatic rings. The molecule has 0 fully saturated rings.